The first-order valence-electron chi connectivity index (χ1n) is 11.8. The third kappa shape index (κ3) is 4.09. The van der Waals surface area contributed by atoms with Gasteiger partial charge in [-0.3, -0.25) is 0 Å². The van der Waals surface area contributed by atoms with Gasteiger partial charge in [0.1, 0.15) is 60.6 Å². The number of aromatic nitrogens is 6. The molecular weight excluding hydrogens is 501 g/mol. The Morgan fingerprint density at radius 1 is 0.487 bits per heavy atom. The van der Waals surface area contributed by atoms with Crippen LogP contribution in [0.5, 0.6) is 34.5 Å². The van der Waals surface area contributed by atoms with E-state index in [4.69, 9.17) is 0 Å². The van der Waals surface area contributed by atoms with Crippen LogP contribution >= 0.6 is 0 Å². The quantitative estimate of drug-likeness (QED) is 0.106. The first-order valence-corrected chi connectivity index (χ1v) is 11.8. The Kier molecular flexibility index (Phi) is 5.31. The molecule has 0 amide bonds. The van der Waals surface area contributed by atoms with E-state index in [0.29, 0.717) is 33.0 Å². The van der Waals surface area contributed by atoms with Crippen LogP contribution in [0.1, 0.15) is 0 Å². The van der Waals surface area contributed by atoms with Crippen molar-refractivity contribution in [3.63, 3.8) is 0 Å². The molecule has 0 aliphatic carbocycles. The maximum Gasteiger partial charge on any atom is 0.202 e. The van der Waals surface area contributed by atoms with Gasteiger partial charge in [-0.1, -0.05) is 23.1 Å². The Bertz CT molecular complexity index is 1740. The van der Waals surface area contributed by atoms with Crippen LogP contribution in [0.4, 0.5) is 0 Å². The Morgan fingerprint density at radius 3 is 1.10 bits per heavy atom. The molecule has 0 atom stereocenters. The number of rotatable bonds is 4. The summed E-state index contributed by atoms with van der Waals surface area (Å²) in [6.07, 6.45) is 0. The van der Waals surface area contributed by atoms with Crippen LogP contribution in [0.3, 0.4) is 0 Å². The second kappa shape index (κ2) is 8.62. The van der Waals surface area contributed by atoms with Gasteiger partial charge in [0.05, 0.1) is 0 Å². The predicted octanol–water partition coefficient (Wildman–Crippen LogP) is -2.71. The van der Waals surface area contributed by atoms with E-state index >= 15 is 0 Å². The van der Waals surface area contributed by atoms with Crippen molar-refractivity contribution >= 4 is 66.9 Å². The smallest absolute Gasteiger partial charge is 0.202 e. The van der Waals surface area contributed by atoms with Gasteiger partial charge in [-0.25, -0.2) is 0 Å². The zero-order chi connectivity index (χ0) is 27.6. The highest BCUT2D eigenvalue weighted by molar-refractivity contribution is 6.70. The number of phenolic OH excluding ortho intramolecular Hbond substituents is 6. The van der Waals surface area contributed by atoms with Gasteiger partial charge >= 0.3 is 0 Å². The van der Waals surface area contributed by atoms with E-state index < -0.39 is 0 Å². The van der Waals surface area contributed by atoms with Crippen molar-refractivity contribution in [2.45, 2.75) is 0 Å². The number of nitrogens with zero attached hydrogens (tertiary/aromatic N) is 6. The van der Waals surface area contributed by atoms with Crippen molar-refractivity contribution in [1.82, 2.24) is 30.0 Å². The second-order valence-electron chi connectivity index (χ2n) is 9.40. The third-order valence-corrected chi connectivity index (χ3v) is 6.39. The fourth-order valence-corrected chi connectivity index (χ4v) is 4.54. The molecule has 0 aliphatic rings. The summed E-state index contributed by atoms with van der Waals surface area (Å²) in [5.74, 6) is -1.54. The predicted molar refractivity (Wildman–Crippen MR) is 150 cm³/mol. The minimum absolute atomic E-state index is 0.106. The van der Waals surface area contributed by atoms with E-state index in [2.05, 4.69) is 20.4 Å². The van der Waals surface area contributed by atoms with Gasteiger partial charge in [0.2, 0.25) is 7.28 Å². The molecule has 0 spiro atoms. The number of fused-ring (bicyclic) bond motifs is 2. The lowest BCUT2D eigenvalue weighted by atomic mass is 9.61. The zero-order valence-corrected chi connectivity index (χ0v) is 20.7. The topological polar surface area (TPSA) is 183 Å². The molecule has 0 bridgehead atoms. The highest BCUT2D eigenvalue weighted by atomic mass is 16.3. The summed E-state index contributed by atoms with van der Waals surface area (Å²) in [6, 6.07) is 12.1. The van der Waals surface area contributed by atoms with Crippen LogP contribution < -0.4 is 21.9 Å². The normalized spacial score (nSPS) is 11.4. The molecule has 2 heterocycles. The van der Waals surface area contributed by atoms with E-state index in [1.165, 1.54) is 33.9 Å². The molecule has 6 rings (SSSR count). The van der Waals surface area contributed by atoms with Crippen LogP contribution in [-0.4, -0.2) is 83.6 Å². The molecule has 15 heteroatoms. The van der Waals surface area contributed by atoms with Crippen LogP contribution in [-0.2, 0) is 0 Å². The number of hydrogen-bond acceptors (Lipinski definition) is 10. The first kappa shape index (κ1) is 24.0. The minimum Gasteiger partial charge on any atom is -0.506 e. The summed E-state index contributed by atoms with van der Waals surface area (Å²) in [5.41, 5.74) is 4.48. The SMILES string of the molecule is Bc1cc(Bc2cc(B)cc(-n3nc4cc(O)c(O)cc4n3)c2O)c(O)c(-n2nc3cc(O)c(O)cc3n2)c1. The fraction of sp³-hybridized carbons (Fsp3) is 0. The highest BCUT2D eigenvalue weighted by Crippen LogP contribution is 2.30. The molecule has 0 saturated heterocycles. The van der Waals surface area contributed by atoms with Gasteiger partial charge in [0, 0.05) is 24.3 Å². The lowest BCUT2D eigenvalue weighted by Gasteiger charge is -2.13. The molecule has 0 radical (unpaired) electrons. The average molecular weight is 520 g/mol. The molecule has 190 valence electrons. The molecule has 0 fully saturated rings. The number of benzene rings is 4. The Labute approximate surface area is 222 Å². The number of aromatic hydroxyl groups is 6. The number of hydrogen-bond donors (Lipinski definition) is 6. The minimum atomic E-state index is -0.331. The lowest BCUT2D eigenvalue weighted by Crippen LogP contribution is -2.33. The van der Waals surface area contributed by atoms with E-state index in [0.717, 1.165) is 10.9 Å². The molecule has 4 aromatic carbocycles. The summed E-state index contributed by atoms with van der Waals surface area (Å²) >= 11 is 0. The van der Waals surface area contributed by atoms with Gasteiger partial charge in [0.25, 0.3) is 0 Å². The average Bonchev–Trinajstić information content (AvgIpc) is 3.47. The van der Waals surface area contributed by atoms with Gasteiger partial charge in [-0.05, 0) is 23.1 Å². The van der Waals surface area contributed by atoms with E-state index in [-0.39, 0.29) is 53.2 Å². The van der Waals surface area contributed by atoms with Crippen molar-refractivity contribution < 1.29 is 30.6 Å². The van der Waals surface area contributed by atoms with Crippen LogP contribution in [0.2, 0.25) is 0 Å². The summed E-state index contributed by atoms with van der Waals surface area (Å²) in [7, 11) is 3.84. The maximum atomic E-state index is 11.2. The molecular formula is C24H19B3N6O6. The maximum absolute atomic E-state index is 11.2. The van der Waals surface area contributed by atoms with Crippen molar-refractivity contribution in [3.05, 3.63) is 48.5 Å². The first-order chi connectivity index (χ1) is 18.6. The van der Waals surface area contributed by atoms with Crippen LogP contribution in [0, 0.1) is 0 Å². The van der Waals surface area contributed by atoms with Crippen molar-refractivity contribution in [2.24, 2.45) is 0 Å². The van der Waals surface area contributed by atoms with Crippen LogP contribution in [0.25, 0.3) is 33.4 Å². The lowest BCUT2D eigenvalue weighted by molar-refractivity contribution is 0.405. The molecule has 0 aliphatic heterocycles. The van der Waals surface area contributed by atoms with Gasteiger partial charge in [-0.2, -0.15) is 0 Å². The molecule has 12 nitrogen and oxygen atoms in total. The van der Waals surface area contributed by atoms with E-state index in [1.807, 2.05) is 15.7 Å². The Morgan fingerprint density at radius 2 is 0.795 bits per heavy atom. The molecule has 0 unspecified atom stereocenters. The Balaban J connectivity index is 1.42. The van der Waals surface area contributed by atoms with Gasteiger partial charge in [-0.15, -0.1) is 30.0 Å². The summed E-state index contributed by atoms with van der Waals surface area (Å²) in [5, 5.41) is 78.8. The molecule has 6 aromatic rings. The second-order valence-corrected chi connectivity index (χ2v) is 9.40. The van der Waals surface area contributed by atoms with E-state index in [9.17, 15) is 30.6 Å². The monoisotopic (exact) mass is 520 g/mol. The van der Waals surface area contributed by atoms with E-state index in [1.54, 1.807) is 24.3 Å². The van der Waals surface area contributed by atoms with Gasteiger partial charge < -0.3 is 30.6 Å². The largest absolute Gasteiger partial charge is 0.506 e. The van der Waals surface area contributed by atoms with Crippen LogP contribution in [0.15, 0.2) is 48.5 Å². The standard InChI is InChI=1S/C24H19B3N6O6/c25-9-1-11(23(38)17(3-9)32-28-13-5-19(34)20(35)6-14(13)29-32)27-12-2-10(26)4-18(24(12)39)33-30-15-7-21(36)22(37)8-16(15)31-33/h1-8,27,34-39H,25-26H2. The zero-order valence-electron chi connectivity index (χ0n) is 20.7. The molecule has 0 saturated carbocycles. The van der Waals surface area contributed by atoms with Gasteiger partial charge in [0.15, 0.2) is 23.0 Å². The summed E-state index contributed by atoms with van der Waals surface area (Å²) in [4.78, 5) is 2.45. The molecule has 2 aromatic heterocycles. The third-order valence-electron chi connectivity index (χ3n) is 6.39. The highest BCUT2D eigenvalue weighted by Gasteiger charge is 2.20. The molecule has 39 heavy (non-hydrogen) atoms. The summed E-state index contributed by atoms with van der Waals surface area (Å²) < 4.78 is 0. The molecule has 6 N–H and O–H groups in total. The van der Waals surface area contributed by atoms with Crippen molar-refractivity contribution in [3.8, 4) is 45.9 Å². The fourth-order valence-electron chi connectivity index (χ4n) is 4.54. The summed E-state index contributed by atoms with van der Waals surface area (Å²) in [6.45, 7) is 0. The van der Waals surface area contributed by atoms with Crippen molar-refractivity contribution in [2.75, 3.05) is 0 Å². The number of phenols is 6. The Hall–Kier alpha value is -5.33. The van der Waals surface area contributed by atoms with Crippen molar-refractivity contribution in [1.29, 1.82) is 0 Å².